The molecule has 0 aliphatic rings. The first-order valence-electron chi connectivity index (χ1n) is 7.18. The number of carbonyl (C=O) groups excluding carboxylic acids is 1. The molecule has 0 aliphatic carbocycles. The summed E-state index contributed by atoms with van der Waals surface area (Å²) in [6, 6.07) is 1.37. The van der Waals surface area contributed by atoms with Gasteiger partial charge in [0.15, 0.2) is 0 Å². The van der Waals surface area contributed by atoms with Crippen LogP contribution in [0.3, 0.4) is 0 Å². The number of aromatic carboxylic acids is 1. The molecule has 1 rings (SSSR count). The average Bonchev–Trinajstić information content (AvgIpc) is 2.29. The van der Waals surface area contributed by atoms with E-state index in [2.05, 4.69) is 0 Å². The lowest BCUT2D eigenvalue weighted by Crippen LogP contribution is -2.33. The van der Waals surface area contributed by atoms with Crippen LogP contribution in [-0.4, -0.2) is 27.2 Å². The van der Waals surface area contributed by atoms with Crippen molar-refractivity contribution in [2.75, 3.05) is 0 Å². The van der Waals surface area contributed by atoms with Crippen LogP contribution < -0.4 is 5.56 Å². The first-order chi connectivity index (χ1) is 9.99. The fourth-order valence-corrected chi connectivity index (χ4v) is 2.06. The highest BCUT2D eigenvalue weighted by Crippen LogP contribution is 2.10. The number of esters is 1. The van der Waals surface area contributed by atoms with Crippen molar-refractivity contribution in [3.05, 3.63) is 33.7 Å². The van der Waals surface area contributed by atoms with E-state index in [1.807, 2.05) is 13.8 Å². The third-order valence-electron chi connectivity index (χ3n) is 2.74. The predicted octanol–water partition coefficient (Wildman–Crippen LogP) is 2.09. The van der Waals surface area contributed by atoms with E-state index in [0.29, 0.717) is 17.9 Å². The van der Waals surface area contributed by atoms with Crippen molar-refractivity contribution < 1.29 is 19.4 Å². The van der Waals surface area contributed by atoms with E-state index in [0.717, 1.165) is 4.57 Å². The molecular weight excluding hydrogens is 286 g/mol. The summed E-state index contributed by atoms with van der Waals surface area (Å²) >= 11 is 0. The Labute approximate surface area is 129 Å². The molecule has 6 heteroatoms. The van der Waals surface area contributed by atoms with Crippen LogP contribution in [-0.2, 0) is 22.5 Å². The molecule has 1 heterocycles. The Morgan fingerprint density at radius 2 is 1.91 bits per heavy atom. The number of hydrogen-bond donors (Lipinski definition) is 1. The molecule has 0 bridgehead atoms. The molecule has 0 saturated carbocycles. The second kappa shape index (κ2) is 6.77. The van der Waals surface area contributed by atoms with E-state index in [4.69, 9.17) is 9.84 Å². The second-order valence-electron chi connectivity index (χ2n) is 6.68. The van der Waals surface area contributed by atoms with Gasteiger partial charge in [0.05, 0.1) is 0 Å². The molecule has 22 heavy (non-hydrogen) atoms. The molecule has 0 atom stereocenters. The van der Waals surface area contributed by atoms with E-state index >= 15 is 0 Å². The van der Waals surface area contributed by atoms with Gasteiger partial charge in [-0.3, -0.25) is 9.59 Å². The van der Waals surface area contributed by atoms with Gasteiger partial charge in [-0.1, -0.05) is 13.8 Å². The summed E-state index contributed by atoms with van der Waals surface area (Å²) in [5, 5.41) is 9.14. The Kier molecular flexibility index (Phi) is 5.52. The molecule has 0 radical (unpaired) electrons. The molecule has 0 aliphatic heterocycles. The van der Waals surface area contributed by atoms with Crippen LogP contribution in [0.25, 0.3) is 0 Å². The van der Waals surface area contributed by atoms with Gasteiger partial charge in [0, 0.05) is 6.20 Å². The van der Waals surface area contributed by atoms with Crippen LogP contribution in [0, 0.1) is 5.92 Å². The van der Waals surface area contributed by atoms with Gasteiger partial charge in [0.2, 0.25) is 0 Å². The van der Waals surface area contributed by atoms with Gasteiger partial charge >= 0.3 is 11.9 Å². The molecule has 0 amide bonds. The van der Waals surface area contributed by atoms with Crippen LogP contribution in [0.2, 0.25) is 0 Å². The number of carbonyl (C=O) groups is 2. The standard InChI is InChI=1S/C16H23NO5/c1-10(2)6-11-7-12(15(20)21)14(19)17(8-11)9-13(18)22-16(3,4)5/h7-8,10H,6,9H2,1-5H3,(H,20,21). The van der Waals surface area contributed by atoms with Gasteiger partial charge in [-0.15, -0.1) is 0 Å². The molecule has 0 spiro atoms. The number of pyridine rings is 1. The Balaban J connectivity index is 3.17. The van der Waals surface area contributed by atoms with E-state index in [1.54, 1.807) is 20.8 Å². The molecule has 1 N–H and O–H groups in total. The molecule has 0 fully saturated rings. The number of ether oxygens (including phenoxy) is 1. The van der Waals surface area contributed by atoms with Crippen LogP contribution in [0.5, 0.6) is 0 Å². The molecular formula is C16H23NO5. The van der Waals surface area contributed by atoms with Crippen molar-refractivity contribution in [1.82, 2.24) is 4.57 Å². The van der Waals surface area contributed by atoms with Crippen molar-refractivity contribution in [1.29, 1.82) is 0 Å². The maximum atomic E-state index is 12.1. The first kappa shape index (κ1) is 17.9. The number of nitrogens with zero attached hydrogens (tertiary/aromatic N) is 1. The summed E-state index contributed by atoms with van der Waals surface area (Å²) in [6.07, 6.45) is 2.15. The van der Waals surface area contributed by atoms with Crippen LogP contribution in [0.4, 0.5) is 0 Å². The van der Waals surface area contributed by atoms with Gasteiger partial charge in [0.1, 0.15) is 17.7 Å². The second-order valence-corrected chi connectivity index (χ2v) is 6.68. The van der Waals surface area contributed by atoms with Crippen LogP contribution in [0.15, 0.2) is 17.1 Å². The molecule has 6 nitrogen and oxygen atoms in total. The van der Waals surface area contributed by atoms with E-state index in [9.17, 15) is 14.4 Å². The maximum Gasteiger partial charge on any atom is 0.341 e. The molecule has 1 aromatic rings. The quantitative estimate of drug-likeness (QED) is 0.842. The summed E-state index contributed by atoms with van der Waals surface area (Å²) in [5.41, 5.74) is -0.991. The van der Waals surface area contributed by atoms with Crippen molar-refractivity contribution in [2.24, 2.45) is 5.92 Å². The fraction of sp³-hybridized carbons (Fsp3) is 0.562. The third-order valence-corrected chi connectivity index (χ3v) is 2.74. The zero-order valence-electron chi connectivity index (χ0n) is 13.7. The molecule has 0 saturated heterocycles. The number of carboxylic acids is 1. The van der Waals surface area contributed by atoms with Crippen molar-refractivity contribution in [3.8, 4) is 0 Å². The van der Waals surface area contributed by atoms with Crippen molar-refractivity contribution >= 4 is 11.9 Å². The number of rotatable bonds is 5. The zero-order valence-corrected chi connectivity index (χ0v) is 13.7. The highest BCUT2D eigenvalue weighted by Gasteiger charge is 2.19. The molecule has 0 aromatic carbocycles. The lowest BCUT2D eigenvalue weighted by atomic mass is 10.0. The normalized spacial score (nSPS) is 11.5. The Morgan fingerprint density at radius 3 is 2.36 bits per heavy atom. The van der Waals surface area contributed by atoms with Gasteiger partial charge in [-0.25, -0.2) is 4.79 Å². The SMILES string of the molecule is CC(C)Cc1cc(C(=O)O)c(=O)n(CC(=O)OC(C)(C)C)c1. The van der Waals surface area contributed by atoms with E-state index in [1.165, 1.54) is 12.3 Å². The smallest absolute Gasteiger partial charge is 0.341 e. The summed E-state index contributed by atoms with van der Waals surface area (Å²) < 4.78 is 6.28. The number of aromatic nitrogens is 1. The summed E-state index contributed by atoms with van der Waals surface area (Å²) in [7, 11) is 0. The minimum atomic E-state index is -1.30. The largest absolute Gasteiger partial charge is 0.477 e. The minimum absolute atomic E-state index is 0.300. The van der Waals surface area contributed by atoms with Crippen LogP contribution in [0.1, 0.15) is 50.5 Å². The highest BCUT2D eigenvalue weighted by atomic mass is 16.6. The topological polar surface area (TPSA) is 85.6 Å². The molecule has 0 unspecified atom stereocenters. The Morgan fingerprint density at radius 1 is 1.32 bits per heavy atom. The lowest BCUT2D eigenvalue weighted by molar-refractivity contribution is -0.155. The highest BCUT2D eigenvalue weighted by molar-refractivity contribution is 5.87. The maximum absolute atomic E-state index is 12.1. The predicted molar refractivity (Wildman–Crippen MR) is 82.0 cm³/mol. The van der Waals surface area contributed by atoms with Gasteiger partial charge in [-0.05, 0) is 44.7 Å². The van der Waals surface area contributed by atoms with E-state index < -0.39 is 23.1 Å². The van der Waals surface area contributed by atoms with Crippen molar-refractivity contribution in [2.45, 2.75) is 53.2 Å². The number of hydrogen-bond acceptors (Lipinski definition) is 4. The monoisotopic (exact) mass is 309 g/mol. The fourth-order valence-electron chi connectivity index (χ4n) is 2.06. The van der Waals surface area contributed by atoms with Crippen LogP contribution >= 0.6 is 0 Å². The van der Waals surface area contributed by atoms with Crippen molar-refractivity contribution in [3.63, 3.8) is 0 Å². The third kappa shape index (κ3) is 5.35. The number of carboxylic acid groups (broad SMARTS) is 1. The Hall–Kier alpha value is -2.11. The molecule has 122 valence electrons. The summed E-state index contributed by atoms with van der Waals surface area (Å²) in [5.74, 6) is -1.57. The van der Waals surface area contributed by atoms with Gasteiger partial charge < -0.3 is 14.4 Å². The molecule has 1 aromatic heterocycles. The summed E-state index contributed by atoms with van der Waals surface area (Å²) in [4.78, 5) is 35.2. The Bertz CT molecular complexity index is 622. The minimum Gasteiger partial charge on any atom is -0.477 e. The average molecular weight is 309 g/mol. The van der Waals surface area contributed by atoms with Gasteiger partial charge in [0.25, 0.3) is 5.56 Å². The first-order valence-corrected chi connectivity index (χ1v) is 7.18. The summed E-state index contributed by atoms with van der Waals surface area (Å²) in [6.45, 7) is 8.86. The zero-order chi connectivity index (χ0) is 17.1. The van der Waals surface area contributed by atoms with E-state index in [-0.39, 0.29) is 12.1 Å². The van der Waals surface area contributed by atoms with Gasteiger partial charge in [-0.2, -0.15) is 0 Å². The lowest BCUT2D eigenvalue weighted by Gasteiger charge is -2.20.